The Balaban J connectivity index is 1.31. The Morgan fingerprint density at radius 3 is 2.85 bits per heavy atom. The van der Waals surface area contributed by atoms with Gasteiger partial charge in [0.25, 0.3) is 0 Å². The number of aromatic nitrogens is 1. The Kier molecular flexibility index (Phi) is 4.80. The van der Waals surface area contributed by atoms with Crippen molar-refractivity contribution in [2.75, 3.05) is 5.32 Å². The molecule has 2 aromatic rings. The van der Waals surface area contributed by atoms with E-state index in [4.69, 9.17) is 4.98 Å². The van der Waals surface area contributed by atoms with Crippen molar-refractivity contribution < 1.29 is 15.0 Å². The van der Waals surface area contributed by atoms with Gasteiger partial charge in [-0.2, -0.15) is 0 Å². The number of carboxylic acids is 1. The number of hydrogen-bond donors (Lipinski definition) is 3. The lowest BCUT2D eigenvalue weighted by atomic mass is 9.48. The third-order valence-corrected chi connectivity index (χ3v) is 10.6. The number of nitrogens with one attached hydrogen (secondary N) is 1. The number of allylic oxidation sites excluding steroid dienone is 2. The maximum Gasteiger partial charge on any atom is 0.335 e. The molecule has 1 heterocycles. The molecule has 6 heteroatoms. The Labute approximate surface area is 199 Å². The van der Waals surface area contributed by atoms with Crippen LogP contribution in [0.25, 0.3) is 5.57 Å². The highest BCUT2D eigenvalue weighted by Gasteiger charge is 2.58. The summed E-state index contributed by atoms with van der Waals surface area (Å²) in [6.45, 7) is 4.82. The minimum absolute atomic E-state index is 0.106. The minimum Gasteiger partial charge on any atom is -0.478 e. The molecule has 33 heavy (non-hydrogen) atoms. The molecule has 3 N–H and O–H groups in total. The summed E-state index contributed by atoms with van der Waals surface area (Å²) in [5.74, 6) is 1.08. The summed E-state index contributed by atoms with van der Waals surface area (Å²) in [7, 11) is 0. The van der Waals surface area contributed by atoms with E-state index in [1.165, 1.54) is 29.0 Å². The first-order valence-electron chi connectivity index (χ1n) is 12.3. The molecule has 174 valence electrons. The van der Waals surface area contributed by atoms with E-state index >= 15 is 0 Å². The van der Waals surface area contributed by atoms with Crippen LogP contribution >= 0.6 is 11.3 Å². The zero-order chi connectivity index (χ0) is 23.0. The number of carboxylic acid groups (broad SMARTS) is 1. The number of benzene rings is 1. The van der Waals surface area contributed by atoms with E-state index in [1.54, 1.807) is 29.5 Å². The first-order valence-corrected chi connectivity index (χ1v) is 13.1. The Morgan fingerprint density at radius 2 is 2.03 bits per heavy atom. The second-order valence-corrected chi connectivity index (χ2v) is 12.1. The molecule has 6 rings (SSSR count). The van der Waals surface area contributed by atoms with Gasteiger partial charge in [-0.25, -0.2) is 9.78 Å². The SMILES string of the molecule is C[C@]12CC[C@H]3[C@@H](CC=C4c5sc(Nc6cccc(C(=O)O)c6)nc5CC[C@@]43C)[C@@H]1CC[C@@H]2O. The van der Waals surface area contributed by atoms with Crippen LogP contribution < -0.4 is 5.32 Å². The molecule has 2 saturated carbocycles. The average Bonchev–Trinajstić information content (AvgIpc) is 3.33. The summed E-state index contributed by atoms with van der Waals surface area (Å²) in [5, 5.41) is 24.2. The molecule has 6 atom stereocenters. The van der Waals surface area contributed by atoms with E-state index in [0.717, 1.165) is 42.9 Å². The van der Waals surface area contributed by atoms with Gasteiger partial charge in [0.1, 0.15) is 0 Å². The van der Waals surface area contributed by atoms with E-state index in [2.05, 4.69) is 25.2 Å². The lowest BCUT2D eigenvalue weighted by Crippen LogP contribution is -2.50. The highest BCUT2D eigenvalue weighted by molar-refractivity contribution is 7.16. The molecular weight excluding hydrogens is 432 g/mol. The van der Waals surface area contributed by atoms with Crippen LogP contribution in [-0.4, -0.2) is 27.3 Å². The number of nitrogens with zero attached hydrogens (tertiary/aromatic N) is 1. The van der Waals surface area contributed by atoms with Gasteiger partial charge in [-0.3, -0.25) is 0 Å². The lowest BCUT2D eigenvalue weighted by molar-refractivity contribution is -0.0579. The predicted molar refractivity (Wildman–Crippen MR) is 131 cm³/mol. The minimum atomic E-state index is -0.923. The molecule has 1 aromatic heterocycles. The standard InChI is InChI=1S/C27H32N2O3S/c1-26-13-11-21-23(33-25(29-21)28-16-5-3-4-15(14-16)24(31)32)20(26)7-6-17-18-8-9-22(30)27(18,2)12-10-19(17)26/h3-5,7,14,17-19,22,30H,6,8-13H2,1-2H3,(H,28,29)(H,31,32)/t17-,18-,19-,22-,26+,27-/m0/s1. The van der Waals surface area contributed by atoms with Gasteiger partial charge in [-0.1, -0.05) is 37.3 Å². The van der Waals surface area contributed by atoms with Crippen molar-refractivity contribution in [2.45, 2.75) is 64.9 Å². The summed E-state index contributed by atoms with van der Waals surface area (Å²) >= 11 is 1.71. The molecular formula is C27H32N2O3S. The largest absolute Gasteiger partial charge is 0.478 e. The Bertz CT molecular complexity index is 1160. The van der Waals surface area contributed by atoms with Crippen LogP contribution in [0.3, 0.4) is 0 Å². The van der Waals surface area contributed by atoms with Gasteiger partial charge >= 0.3 is 5.97 Å². The van der Waals surface area contributed by atoms with Crippen molar-refractivity contribution in [1.29, 1.82) is 0 Å². The van der Waals surface area contributed by atoms with Gasteiger partial charge in [0.05, 0.1) is 22.2 Å². The summed E-state index contributed by atoms with van der Waals surface area (Å²) in [6, 6.07) is 6.91. The summed E-state index contributed by atoms with van der Waals surface area (Å²) < 4.78 is 0. The van der Waals surface area contributed by atoms with Gasteiger partial charge in [-0.15, -0.1) is 0 Å². The van der Waals surface area contributed by atoms with Crippen molar-refractivity contribution >= 4 is 33.7 Å². The molecule has 0 amide bonds. The zero-order valence-electron chi connectivity index (χ0n) is 19.3. The van der Waals surface area contributed by atoms with E-state index in [1.807, 2.05) is 6.07 Å². The molecule has 0 bridgehead atoms. The van der Waals surface area contributed by atoms with Crippen molar-refractivity contribution in [2.24, 2.45) is 28.6 Å². The van der Waals surface area contributed by atoms with E-state index in [-0.39, 0.29) is 22.5 Å². The van der Waals surface area contributed by atoms with Crippen molar-refractivity contribution in [3.8, 4) is 0 Å². The summed E-state index contributed by atoms with van der Waals surface area (Å²) in [4.78, 5) is 17.5. The Hall–Kier alpha value is -2.18. The average molecular weight is 465 g/mol. The molecule has 0 unspecified atom stereocenters. The van der Waals surface area contributed by atoms with Crippen LogP contribution in [-0.2, 0) is 6.42 Å². The van der Waals surface area contributed by atoms with E-state index in [9.17, 15) is 15.0 Å². The number of anilines is 2. The topological polar surface area (TPSA) is 82.5 Å². The first-order chi connectivity index (χ1) is 15.8. The number of hydrogen-bond acceptors (Lipinski definition) is 5. The van der Waals surface area contributed by atoms with Crippen LogP contribution in [0, 0.1) is 28.6 Å². The Morgan fingerprint density at radius 1 is 1.18 bits per heavy atom. The number of aryl methyl sites for hydroxylation is 1. The number of aromatic carboxylic acids is 1. The normalized spacial score (nSPS) is 36.8. The van der Waals surface area contributed by atoms with Crippen LogP contribution in [0.4, 0.5) is 10.8 Å². The molecule has 0 aliphatic heterocycles. The van der Waals surface area contributed by atoms with Crippen molar-refractivity contribution in [3.05, 3.63) is 46.5 Å². The van der Waals surface area contributed by atoms with Gasteiger partial charge in [0, 0.05) is 5.69 Å². The van der Waals surface area contributed by atoms with Crippen LogP contribution in [0.2, 0.25) is 0 Å². The smallest absolute Gasteiger partial charge is 0.335 e. The maximum absolute atomic E-state index is 11.3. The van der Waals surface area contributed by atoms with Gasteiger partial charge in [0.15, 0.2) is 5.13 Å². The van der Waals surface area contributed by atoms with Crippen LogP contribution in [0.5, 0.6) is 0 Å². The number of carbonyl (C=O) groups is 1. The molecule has 0 spiro atoms. The van der Waals surface area contributed by atoms with Gasteiger partial charge in [-0.05, 0) is 97.3 Å². The molecule has 2 fully saturated rings. The number of rotatable bonds is 3. The first kappa shape index (κ1) is 21.4. The molecule has 4 aliphatic carbocycles. The number of fused-ring (bicyclic) bond motifs is 7. The molecule has 1 aromatic carbocycles. The molecule has 0 saturated heterocycles. The van der Waals surface area contributed by atoms with Crippen LogP contribution in [0.1, 0.15) is 73.3 Å². The fraction of sp³-hybridized carbons (Fsp3) is 0.556. The molecule has 5 nitrogen and oxygen atoms in total. The highest BCUT2D eigenvalue weighted by atomic mass is 32.1. The molecule has 0 radical (unpaired) electrons. The monoisotopic (exact) mass is 464 g/mol. The van der Waals surface area contributed by atoms with Crippen molar-refractivity contribution in [1.82, 2.24) is 4.98 Å². The number of aliphatic hydroxyl groups is 1. The third kappa shape index (κ3) is 3.13. The van der Waals surface area contributed by atoms with Crippen LogP contribution in [0.15, 0.2) is 30.3 Å². The lowest BCUT2D eigenvalue weighted by Gasteiger charge is -2.56. The summed E-state index contributed by atoms with van der Waals surface area (Å²) in [5.41, 5.74) is 3.98. The fourth-order valence-electron chi connectivity index (χ4n) is 7.76. The van der Waals surface area contributed by atoms with Crippen molar-refractivity contribution in [3.63, 3.8) is 0 Å². The fourth-order valence-corrected chi connectivity index (χ4v) is 8.97. The summed E-state index contributed by atoms with van der Waals surface area (Å²) in [6.07, 6.45) is 10.1. The predicted octanol–water partition coefficient (Wildman–Crippen LogP) is 6.13. The van der Waals surface area contributed by atoms with E-state index < -0.39 is 5.97 Å². The number of thiazole rings is 1. The third-order valence-electron chi connectivity index (χ3n) is 9.60. The van der Waals surface area contributed by atoms with Gasteiger partial charge in [0.2, 0.25) is 0 Å². The zero-order valence-corrected chi connectivity index (χ0v) is 20.1. The highest BCUT2D eigenvalue weighted by Crippen LogP contribution is 2.66. The van der Waals surface area contributed by atoms with Gasteiger partial charge < -0.3 is 15.5 Å². The number of aliphatic hydroxyl groups excluding tert-OH is 1. The second kappa shape index (κ2) is 7.41. The van der Waals surface area contributed by atoms with E-state index in [0.29, 0.717) is 17.8 Å². The second-order valence-electron chi connectivity index (χ2n) is 11.1. The molecule has 4 aliphatic rings. The quantitative estimate of drug-likeness (QED) is 0.509. The maximum atomic E-state index is 11.3.